The molecular weight excluding hydrogens is 210 g/mol. The highest BCUT2D eigenvalue weighted by Gasteiger charge is 2.11. The lowest BCUT2D eigenvalue weighted by Gasteiger charge is -1.94. The van der Waals surface area contributed by atoms with Crippen LogP contribution in [0.1, 0.15) is 0 Å². The number of H-pyrrole nitrogens is 2. The van der Waals surface area contributed by atoms with Gasteiger partial charge < -0.3 is 0 Å². The second-order valence-electron chi connectivity index (χ2n) is 4.23. The maximum atomic E-state index is 4.05. The summed E-state index contributed by atoms with van der Waals surface area (Å²) in [4.78, 5) is 3.44. The van der Waals surface area contributed by atoms with Gasteiger partial charge >= 0.3 is 0 Å². The number of benzene rings is 2. The van der Waals surface area contributed by atoms with Crippen LogP contribution in [-0.2, 0) is 0 Å². The van der Waals surface area contributed by atoms with Crippen LogP contribution in [0.5, 0.6) is 0 Å². The van der Waals surface area contributed by atoms with Crippen LogP contribution in [0.25, 0.3) is 32.6 Å². The van der Waals surface area contributed by atoms with E-state index in [-0.39, 0.29) is 0 Å². The molecule has 0 saturated heterocycles. The number of aromatic nitrogens is 3. The highest BCUT2D eigenvalue weighted by molar-refractivity contribution is 6.08. The molecule has 0 spiro atoms. The number of fused-ring (bicyclic) bond motifs is 4. The molecule has 0 bridgehead atoms. The Kier molecular flexibility index (Phi) is 1.56. The maximum Gasteiger partial charge on any atom is 0.212 e. The molecule has 0 aliphatic rings. The van der Waals surface area contributed by atoms with Gasteiger partial charge in [-0.2, -0.15) is 5.10 Å². The Morgan fingerprint density at radius 2 is 1.88 bits per heavy atom. The molecule has 4 aromatic rings. The van der Waals surface area contributed by atoms with Gasteiger partial charge in [-0.05, 0) is 12.1 Å². The highest BCUT2D eigenvalue weighted by atomic mass is 15.1. The lowest BCUT2D eigenvalue weighted by molar-refractivity contribution is -0.307. The predicted molar refractivity (Wildman–Crippen MR) is 67.7 cm³/mol. The van der Waals surface area contributed by atoms with Crippen LogP contribution in [0.15, 0.2) is 48.8 Å². The van der Waals surface area contributed by atoms with Gasteiger partial charge in [0.05, 0.1) is 17.0 Å². The van der Waals surface area contributed by atoms with Crippen molar-refractivity contribution in [3.63, 3.8) is 0 Å². The molecule has 2 heterocycles. The number of nitrogens with one attached hydrogen (secondary N) is 2. The van der Waals surface area contributed by atoms with E-state index < -0.39 is 0 Å². The minimum Gasteiger partial charge on any atom is -0.285 e. The van der Waals surface area contributed by atoms with Crippen molar-refractivity contribution in [2.75, 3.05) is 0 Å². The van der Waals surface area contributed by atoms with Crippen LogP contribution in [0, 0.1) is 0 Å². The summed E-state index contributed by atoms with van der Waals surface area (Å²) >= 11 is 0. The molecule has 0 amide bonds. The molecule has 3 nitrogen and oxygen atoms in total. The zero-order chi connectivity index (χ0) is 11.2. The lowest BCUT2D eigenvalue weighted by Crippen LogP contribution is -1.96. The van der Waals surface area contributed by atoms with Crippen LogP contribution in [0.3, 0.4) is 0 Å². The SMILES string of the molecule is c1ccc2c(c1)[nH+]c1cc3c[nH]ncc3cc12. The monoisotopic (exact) mass is 220 g/mol. The molecule has 0 saturated carbocycles. The van der Waals surface area contributed by atoms with E-state index in [1.54, 1.807) is 0 Å². The zero-order valence-electron chi connectivity index (χ0n) is 9.07. The smallest absolute Gasteiger partial charge is 0.212 e. The van der Waals surface area contributed by atoms with E-state index in [0.29, 0.717) is 0 Å². The lowest BCUT2D eigenvalue weighted by atomic mass is 10.1. The minimum absolute atomic E-state index is 1.15. The first-order valence-corrected chi connectivity index (χ1v) is 5.58. The van der Waals surface area contributed by atoms with Crippen molar-refractivity contribution in [2.45, 2.75) is 0 Å². The van der Waals surface area contributed by atoms with E-state index in [2.05, 4.69) is 45.5 Å². The third-order valence-electron chi connectivity index (χ3n) is 3.21. The number of para-hydroxylation sites is 1. The Bertz CT molecular complexity index is 840. The average Bonchev–Trinajstić information content (AvgIpc) is 2.73. The number of nitrogens with zero attached hydrogens (tertiary/aromatic N) is 1. The van der Waals surface area contributed by atoms with Crippen molar-refractivity contribution < 1.29 is 4.98 Å². The Hall–Kier alpha value is -2.42. The van der Waals surface area contributed by atoms with Crippen LogP contribution < -0.4 is 4.98 Å². The van der Waals surface area contributed by atoms with Gasteiger partial charge in [-0.25, -0.2) is 4.98 Å². The molecule has 0 atom stereocenters. The molecule has 3 heteroatoms. The fraction of sp³-hybridized carbons (Fsp3) is 0. The van der Waals surface area contributed by atoms with Crippen LogP contribution in [-0.4, -0.2) is 10.2 Å². The summed E-state index contributed by atoms with van der Waals surface area (Å²) in [6.07, 6.45) is 3.77. The summed E-state index contributed by atoms with van der Waals surface area (Å²) in [6, 6.07) is 12.7. The van der Waals surface area contributed by atoms with Crippen molar-refractivity contribution in [1.29, 1.82) is 0 Å². The molecular formula is C14H10N3+. The fourth-order valence-corrected chi connectivity index (χ4v) is 2.38. The second kappa shape index (κ2) is 3.04. The third kappa shape index (κ3) is 1.16. The molecule has 0 radical (unpaired) electrons. The van der Waals surface area contributed by atoms with Gasteiger partial charge in [-0.1, -0.05) is 12.1 Å². The van der Waals surface area contributed by atoms with Crippen molar-refractivity contribution in [2.24, 2.45) is 0 Å². The average molecular weight is 220 g/mol. The second-order valence-corrected chi connectivity index (χ2v) is 4.23. The topological polar surface area (TPSA) is 42.8 Å². The van der Waals surface area contributed by atoms with Crippen molar-refractivity contribution in [3.8, 4) is 0 Å². The largest absolute Gasteiger partial charge is 0.285 e. The number of hydrogen-bond donors (Lipinski definition) is 1. The summed E-state index contributed by atoms with van der Waals surface area (Å²) in [6.45, 7) is 0. The fourth-order valence-electron chi connectivity index (χ4n) is 2.38. The standard InChI is InChI=1S/C14H9N3/c1-2-4-13-11(3-1)12-5-9-7-15-16-8-10(9)6-14(12)17-13/h1-8,16H/p+1. The number of hydrogen-bond acceptors (Lipinski definition) is 1. The molecule has 0 fully saturated rings. The van der Waals surface area contributed by atoms with Crippen LogP contribution in [0.2, 0.25) is 0 Å². The normalized spacial score (nSPS) is 11.5. The van der Waals surface area contributed by atoms with Crippen LogP contribution >= 0.6 is 0 Å². The molecule has 17 heavy (non-hydrogen) atoms. The summed E-state index contributed by atoms with van der Waals surface area (Å²) in [5, 5.41) is 11.8. The van der Waals surface area contributed by atoms with E-state index in [1.807, 2.05) is 18.5 Å². The summed E-state index contributed by atoms with van der Waals surface area (Å²) in [5.74, 6) is 0. The van der Waals surface area contributed by atoms with Gasteiger partial charge in [0.1, 0.15) is 0 Å². The predicted octanol–water partition coefficient (Wildman–Crippen LogP) is 2.68. The van der Waals surface area contributed by atoms with E-state index in [4.69, 9.17) is 0 Å². The van der Waals surface area contributed by atoms with E-state index in [0.717, 1.165) is 5.39 Å². The first kappa shape index (κ1) is 8.70. The summed E-state index contributed by atoms with van der Waals surface area (Å²) in [7, 11) is 0. The minimum atomic E-state index is 1.15. The van der Waals surface area contributed by atoms with Crippen molar-refractivity contribution in [3.05, 3.63) is 48.8 Å². The first-order chi connectivity index (χ1) is 8.42. The Labute approximate surface area is 97.1 Å². The molecule has 0 aliphatic carbocycles. The summed E-state index contributed by atoms with van der Waals surface area (Å²) < 4.78 is 0. The van der Waals surface area contributed by atoms with Gasteiger partial charge in [-0.15, -0.1) is 0 Å². The van der Waals surface area contributed by atoms with Gasteiger partial charge in [0, 0.05) is 29.1 Å². The highest BCUT2D eigenvalue weighted by Crippen LogP contribution is 2.25. The van der Waals surface area contributed by atoms with E-state index in [9.17, 15) is 0 Å². The maximum absolute atomic E-state index is 4.05. The molecule has 2 aromatic heterocycles. The van der Waals surface area contributed by atoms with Gasteiger partial charge in [-0.3, -0.25) is 5.10 Å². The molecule has 2 N–H and O–H groups in total. The Morgan fingerprint density at radius 3 is 2.88 bits per heavy atom. The number of rotatable bonds is 0. The first-order valence-electron chi connectivity index (χ1n) is 5.58. The zero-order valence-corrected chi connectivity index (χ0v) is 9.07. The summed E-state index contributed by atoms with van der Waals surface area (Å²) in [5.41, 5.74) is 2.34. The molecule has 0 aliphatic heterocycles. The third-order valence-corrected chi connectivity index (χ3v) is 3.21. The number of aromatic amines is 2. The molecule has 0 unspecified atom stereocenters. The van der Waals surface area contributed by atoms with E-state index >= 15 is 0 Å². The van der Waals surface area contributed by atoms with Crippen molar-refractivity contribution in [1.82, 2.24) is 10.2 Å². The Balaban J connectivity index is 2.28. The van der Waals surface area contributed by atoms with Gasteiger partial charge in [0.2, 0.25) is 11.0 Å². The molecule has 4 rings (SSSR count). The molecule has 80 valence electrons. The Morgan fingerprint density at radius 1 is 0.941 bits per heavy atom. The van der Waals surface area contributed by atoms with Crippen LogP contribution in [0.4, 0.5) is 0 Å². The van der Waals surface area contributed by atoms with Crippen molar-refractivity contribution >= 4 is 32.6 Å². The van der Waals surface area contributed by atoms with Gasteiger partial charge in [0.15, 0.2) is 0 Å². The quantitative estimate of drug-likeness (QED) is 0.486. The van der Waals surface area contributed by atoms with E-state index in [1.165, 1.54) is 27.2 Å². The van der Waals surface area contributed by atoms with Gasteiger partial charge in [0.25, 0.3) is 0 Å². The molecule has 2 aromatic carbocycles.